The van der Waals surface area contributed by atoms with Gasteiger partial charge < -0.3 is 9.30 Å². The number of sulfonamides is 1. The number of hydrogen-bond acceptors (Lipinski definition) is 5. The SMILES string of the molecule is CC(=O)OCC(Cc1cc(C)c(C(=S)c2ccc(C)cc2)n1C)(c1ccccc1)S(N)(=O)=O. The van der Waals surface area contributed by atoms with Crippen LogP contribution in [0.2, 0.25) is 0 Å². The molecule has 2 N–H and O–H groups in total. The van der Waals surface area contributed by atoms with E-state index < -0.39 is 27.3 Å². The molecule has 0 spiro atoms. The maximum Gasteiger partial charge on any atom is 0.302 e. The highest BCUT2D eigenvalue weighted by molar-refractivity contribution is 7.90. The number of hydrogen-bond donors (Lipinski definition) is 1. The molecule has 1 atom stereocenters. The number of aryl methyl sites for hydroxylation is 2. The molecule has 3 aromatic rings. The van der Waals surface area contributed by atoms with Crippen LogP contribution in [0.15, 0.2) is 60.7 Å². The van der Waals surface area contributed by atoms with Crippen molar-refractivity contribution < 1.29 is 17.9 Å². The number of carbonyl (C=O) groups is 1. The summed E-state index contributed by atoms with van der Waals surface area (Å²) in [5, 5.41) is 5.79. The summed E-state index contributed by atoms with van der Waals surface area (Å²) in [6.07, 6.45) is 0.0109. The predicted octanol–water partition coefficient (Wildman–Crippen LogP) is 3.70. The first-order chi connectivity index (χ1) is 15.5. The third-order valence-electron chi connectivity index (χ3n) is 5.87. The van der Waals surface area contributed by atoms with Gasteiger partial charge in [-0.3, -0.25) is 4.79 Å². The van der Waals surface area contributed by atoms with E-state index in [4.69, 9.17) is 22.1 Å². The standard InChI is InChI=1S/C25H28N2O4S2/c1-17-10-12-20(13-11-17)24(32)23-18(2)14-22(27(23)4)15-25(33(26,29)30,16-31-19(3)28)21-8-6-5-7-9-21/h5-14H,15-16H2,1-4H3,(H2,26,29,30). The Morgan fingerprint density at radius 2 is 1.70 bits per heavy atom. The van der Waals surface area contributed by atoms with Crippen LogP contribution >= 0.6 is 12.2 Å². The Morgan fingerprint density at radius 3 is 2.24 bits per heavy atom. The second-order valence-corrected chi connectivity index (χ2v) is 10.6. The number of primary sulfonamides is 1. The van der Waals surface area contributed by atoms with Crippen LogP contribution in [0.5, 0.6) is 0 Å². The van der Waals surface area contributed by atoms with Gasteiger partial charge in [-0.1, -0.05) is 72.4 Å². The summed E-state index contributed by atoms with van der Waals surface area (Å²) in [5.41, 5.74) is 4.95. The molecule has 1 aromatic heterocycles. The first kappa shape index (κ1) is 24.8. The van der Waals surface area contributed by atoms with Gasteiger partial charge in [0.2, 0.25) is 10.0 Å². The molecule has 3 rings (SSSR count). The molecule has 0 bridgehead atoms. The lowest BCUT2D eigenvalue weighted by Gasteiger charge is -2.31. The van der Waals surface area contributed by atoms with Gasteiger partial charge in [0.25, 0.3) is 0 Å². The molecule has 1 unspecified atom stereocenters. The molecule has 1 heterocycles. The first-order valence-electron chi connectivity index (χ1n) is 10.4. The lowest BCUT2D eigenvalue weighted by molar-refractivity contribution is -0.141. The second-order valence-electron chi connectivity index (χ2n) is 8.28. The van der Waals surface area contributed by atoms with Crippen molar-refractivity contribution in [3.05, 3.63) is 94.3 Å². The second kappa shape index (κ2) is 9.59. The quantitative estimate of drug-likeness (QED) is 0.299. The van der Waals surface area contributed by atoms with E-state index in [9.17, 15) is 13.2 Å². The van der Waals surface area contributed by atoms with E-state index in [-0.39, 0.29) is 6.42 Å². The van der Waals surface area contributed by atoms with Crippen LogP contribution < -0.4 is 5.14 Å². The Bertz CT molecular complexity index is 1280. The van der Waals surface area contributed by atoms with Crippen LogP contribution in [-0.2, 0) is 37.8 Å². The summed E-state index contributed by atoms with van der Waals surface area (Å²) in [7, 11) is -2.34. The number of aromatic nitrogens is 1. The Hall–Kier alpha value is -2.81. The third kappa shape index (κ3) is 5.08. The van der Waals surface area contributed by atoms with Crippen molar-refractivity contribution >= 4 is 33.1 Å². The maximum absolute atomic E-state index is 13.0. The van der Waals surface area contributed by atoms with Gasteiger partial charge in [0.15, 0.2) is 4.75 Å². The highest BCUT2D eigenvalue weighted by Gasteiger charge is 2.46. The van der Waals surface area contributed by atoms with Gasteiger partial charge in [0.05, 0.1) is 10.6 Å². The zero-order valence-corrected chi connectivity index (χ0v) is 20.8. The van der Waals surface area contributed by atoms with Crippen molar-refractivity contribution in [3.63, 3.8) is 0 Å². The minimum absolute atomic E-state index is 0.0109. The van der Waals surface area contributed by atoms with Gasteiger partial charge in [-0.25, -0.2) is 13.6 Å². The van der Waals surface area contributed by atoms with Crippen LogP contribution in [0.3, 0.4) is 0 Å². The molecule has 0 saturated carbocycles. The molecule has 8 heteroatoms. The van der Waals surface area contributed by atoms with E-state index in [1.165, 1.54) is 6.92 Å². The summed E-state index contributed by atoms with van der Waals surface area (Å²) in [6, 6.07) is 18.5. The Kier molecular flexibility index (Phi) is 7.21. The normalized spacial score (nSPS) is 13.4. The molecular formula is C25H28N2O4S2. The Morgan fingerprint density at radius 1 is 1.09 bits per heavy atom. The molecule has 0 amide bonds. The van der Waals surface area contributed by atoms with Gasteiger partial charge >= 0.3 is 5.97 Å². The zero-order valence-electron chi connectivity index (χ0n) is 19.2. The van der Waals surface area contributed by atoms with Gasteiger partial charge in [-0.05, 0) is 36.6 Å². The minimum Gasteiger partial charge on any atom is -0.464 e. The largest absolute Gasteiger partial charge is 0.464 e. The van der Waals surface area contributed by atoms with E-state index >= 15 is 0 Å². The van der Waals surface area contributed by atoms with Crippen LogP contribution in [0.1, 0.15) is 40.6 Å². The third-order valence-corrected chi connectivity index (χ3v) is 7.89. The number of nitrogens with two attached hydrogens (primary N) is 1. The number of rotatable bonds is 8. The Balaban J connectivity index is 2.12. The summed E-state index contributed by atoms with van der Waals surface area (Å²) >= 11 is 5.78. The van der Waals surface area contributed by atoms with E-state index in [1.54, 1.807) is 30.3 Å². The molecule has 0 fully saturated rings. The number of benzene rings is 2. The van der Waals surface area contributed by atoms with Crippen LogP contribution in [-0.4, -0.2) is 30.4 Å². The summed E-state index contributed by atoms with van der Waals surface area (Å²) in [4.78, 5) is 12.3. The monoisotopic (exact) mass is 484 g/mol. The maximum atomic E-state index is 13.0. The molecule has 6 nitrogen and oxygen atoms in total. The van der Waals surface area contributed by atoms with Crippen LogP contribution in [0.25, 0.3) is 0 Å². The highest BCUT2D eigenvalue weighted by atomic mass is 32.2. The smallest absolute Gasteiger partial charge is 0.302 e. The molecular weight excluding hydrogens is 456 g/mol. The highest BCUT2D eigenvalue weighted by Crippen LogP contribution is 2.35. The van der Waals surface area contributed by atoms with Crippen molar-refractivity contribution in [2.24, 2.45) is 12.2 Å². The summed E-state index contributed by atoms with van der Waals surface area (Å²) in [6.45, 7) is 4.79. The number of ether oxygens (including phenoxy) is 1. The van der Waals surface area contributed by atoms with Gasteiger partial charge in [0, 0.05) is 26.1 Å². The van der Waals surface area contributed by atoms with Gasteiger partial charge in [0.1, 0.15) is 6.61 Å². The van der Waals surface area contributed by atoms with Crippen molar-refractivity contribution in [1.29, 1.82) is 0 Å². The predicted molar refractivity (Wildman–Crippen MR) is 134 cm³/mol. The van der Waals surface area contributed by atoms with Crippen LogP contribution in [0, 0.1) is 13.8 Å². The van der Waals surface area contributed by atoms with E-state index in [0.29, 0.717) is 16.1 Å². The fourth-order valence-electron chi connectivity index (χ4n) is 4.00. The van der Waals surface area contributed by atoms with E-state index in [0.717, 1.165) is 22.4 Å². The molecule has 0 radical (unpaired) electrons. The number of thiocarbonyl (C=S) groups is 1. The number of nitrogens with zero attached hydrogens (tertiary/aromatic N) is 1. The topological polar surface area (TPSA) is 91.4 Å². The van der Waals surface area contributed by atoms with Gasteiger partial charge in [-0.2, -0.15) is 0 Å². The van der Waals surface area contributed by atoms with Gasteiger partial charge in [-0.15, -0.1) is 0 Å². The minimum atomic E-state index is -4.19. The average Bonchev–Trinajstić information content (AvgIpc) is 3.03. The molecule has 174 valence electrons. The van der Waals surface area contributed by atoms with Crippen molar-refractivity contribution in [1.82, 2.24) is 4.57 Å². The van der Waals surface area contributed by atoms with E-state index in [1.807, 2.05) is 55.8 Å². The fraction of sp³-hybridized carbons (Fsp3) is 0.280. The average molecular weight is 485 g/mol. The molecule has 0 aliphatic carbocycles. The van der Waals surface area contributed by atoms with Crippen molar-refractivity contribution in [2.75, 3.05) is 6.61 Å². The van der Waals surface area contributed by atoms with Crippen molar-refractivity contribution in [3.8, 4) is 0 Å². The lowest BCUT2D eigenvalue weighted by Crippen LogP contribution is -2.47. The zero-order chi connectivity index (χ0) is 24.4. The first-order valence-corrected chi connectivity index (χ1v) is 12.4. The Labute approximate surface area is 200 Å². The molecule has 0 aliphatic rings. The van der Waals surface area contributed by atoms with E-state index in [2.05, 4.69) is 0 Å². The summed E-state index contributed by atoms with van der Waals surface area (Å²) in [5.74, 6) is -0.580. The summed E-state index contributed by atoms with van der Waals surface area (Å²) < 4.78 is 31.5. The lowest BCUT2D eigenvalue weighted by atomic mass is 9.93. The van der Waals surface area contributed by atoms with Crippen LogP contribution in [0.4, 0.5) is 0 Å². The molecule has 0 saturated heterocycles. The molecule has 2 aromatic carbocycles. The molecule has 0 aliphatic heterocycles. The van der Waals surface area contributed by atoms with Crippen molar-refractivity contribution in [2.45, 2.75) is 31.9 Å². The molecule has 33 heavy (non-hydrogen) atoms. The number of esters is 1. The fourth-order valence-corrected chi connectivity index (χ4v) is 5.47. The number of carbonyl (C=O) groups excluding carboxylic acids is 1.